The van der Waals surface area contributed by atoms with Crippen LogP contribution in [0.15, 0.2) is 0 Å². The summed E-state index contributed by atoms with van der Waals surface area (Å²) in [5.74, 6) is 0. The molecule has 28 heavy (non-hydrogen) atoms. The van der Waals surface area contributed by atoms with Crippen LogP contribution < -0.4 is 0 Å². The number of rotatable bonds is 6. The van der Waals surface area contributed by atoms with E-state index in [0.717, 1.165) is 0 Å². The van der Waals surface area contributed by atoms with Crippen LogP contribution in [0.25, 0.3) is 0 Å². The van der Waals surface area contributed by atoms with E-state index in [-0.39, 0.29) is 13.8 Å². The molecule has 0 rings (SSSR count). The van der Waals surface area contributed by atoms with Crippen molar-refractivity contribution in [1.82, 2.24) is 0 Å². The summed E-state index contributed by atoms with van der Waals surface area (Å²) in [5, 5.41) is 0. The monoisotopic (exact) mass is 538 g/mol. The Labute approximate surface area is 149 Å². The number of alkyl halides is 9. The van der Waals surface area contributed by atoms with Gasteiger partial charge >= 0.3 is 149 Å². The van der Waals surface area contributed by atoms with Crippen LogP contribution in [0.2, 0.25) is 0 Å². The molecule has 0 atom stereocenters. The normalized spacial score (nSPS) is 16.5. The molecule has 0 aliphatic heterocycles. The van der Waals surface area contributed by atoms with E-state index >= 15 is 0 Å². The molecule has 0 N–H and O–H groups in total. The predicted octanol–water partition coefficient (Wildman–Crippen LogP) is 1.84. The van der Waals surface area contributed by atoms with Crippen molar-refractivity contribution >= 4 is 25.0 Å². The Hall–Kier alpha value is -0.346. The van der Waals surface area contributed by atoms with E-state index in [1.54, 1.807) is 0 Å². The van der Waals surface area contributed by atoms with Gasteiger partial charge < -0.3 is 0 Å². The zero-order chi connectivity index (χ0) is 23.4. The first-order valence-corrected chi connectivity index (χ1v) is 16.0. The van der Waals surface area contributed by atoms with Gasteiger partial charge in [0.2, 0.25) is 0 Å². The van der Waals surface area contributed by atoms with Crippen molar-refractivity contribution in [3.8, 4) is 0 Å². The Morgan fingerprint density at radius 1 is 0.679 bits per heavy atom. The molecule has 0 heterocycles. The van der Waals surface area contributed by atoms with E-state index in [1.165, 1.54) is 0 Å². The van der Waals surface area contributed by atoms with Gasteiger partial charge in [-0.05, 0) is 0 Å². The first kappa shape index (κ1) is 27.7. The fourth-order valence-corrected chi connectivity index (χ4v) is 25.7. The average Bonchev–Trinajstić information content (AvgIpc) is 2.32. The summed E-state index contributed by atoms with van der Waals surface area (Å²) in [5.41, 5.74) is -21.6. The molecule has 0 radical (unpaired) electrons. The van der Waals surface area contributed by atoms with Crippen LogP contribution >= 0.6 is 0 Å². The summed E-state index contributed by atoms with van der Waals surface area (Å²) in [6.45, 7) is 0.476. The van der Waals surface area contributed by atoms with Crippen LogP contribution in [-0.2, 0) is 47.8 Å². The van der Waals surface area contributed by atoms with Crippen LogP contribution in [0, 0.1) is 0 Å². The molecule has 0 bridgehead atoms. The Balaban J connectivity index is 7.97. The molecule has 22 heteroatoms. The number of halogens is 9. The van der Waals surface area contributed by atoms with Gasteiger partial charge in [0.15, 0.2) is 0 Å². The fourth-order valence-electron chi connectivity index (χ4n) is 1.37. The predicted molar refractivity (Wildman–Crippen MR) is 62.9 cm³/mol. The molecule has 0 saturated heterocycles. The van der Waals surface area contributed by atoms with E-state index in [9.17, 15) is 68.1 Å². The topological polar surface area (TPSA) is 138 Å². The standard InChI is InChI=1S/C3H7O.CHF3O3S.2CF3O2S.O.Ti/c1-3(2)4;2-1(3,4)8(5,6)7;2*2-1(3,4)7(5)6;;/h3H,1-2H3;(H,5,6,7);;;;/q-1;;;;;+2/p-1. The van der Waals surface area contributed by atoms with Crippen molar-refractivity contribution in [1.29, 1.82) is 0 Å². The maximum atomic E-state index is 12.8. The second-order valence-electron chi connectivity index (χ2n) is 4.88. The molecule has 0 aromatic carbocycles. The molecule has 0 saturated carbocycles. The first-order chi connectivity index (χ1) is 11.7. The van der Waals surface area contributed by atoms with Crippen molar-refractivity contribution in [2.45, 2.75) is 36.5 Å². The SMILES string of the molecule is CC(C)[O][Ti](=[O])([O]S(=O)(=O)C(F)(F)F)([S](=O)(=O)C(F)(F)F)[S](=O)(=O)C(F)(F)F. The van der Waals surface area contributed by atoms with Crippen molar-refractivity contribution < 1.29 is 87.6 Å². The molecule has 0 fully saturated rings. The quantitative estimate of drug-likeness (QED) is 0.282. The number of hydrogen-bond donors (Lipinski definition) is 0. The van der Waals surface area contributed by atoms with Gasteiger partial charge in [-0.2, -0.15) is 0 Å². The summed E-state index contributed by atoms with van der Waals surface area (Å²) in [7, 11) is -25.0. The third kappa shape index (κ3) is 3.85. The summed E-state index contributed by atoms with van der Waals surface area (Å²) < 4.78 is 200. The zero-order valence-electron chi connectivity index (χ0n) is 12.9. The van der Waals surface area contributed by atoms with E-state index in [4.69, 9.17) is 0 Å². The van der Waals surface area contributed by atoms with Crippen LogP contribution in [-0.4, -0.2) is 47.9 Å². The Kier molecular flexibility index (Phi) is 6.75. The van der Waals surface area contributed by atoms with E-state index in [2.05, 4.69) is 6.08 Å². The van der Waals surface area contributed by atoms with Crippen LogP contribution in [0.4, 0.5) is 39.5 Å². The van der Waals surface area contributed by atoms with Crippen molar-refractivity contribution in [2.75, 3.05) is 0 Å². The molecular weight excluding hydrogens is 531 g/mol. The third-order valence-electron chi connectivity index (χ3n) is 2.44. The summed E-state index contributed by atoms with van der Waals surface area (Å²) in [6, 6.07) is 0. The third-order valence-corrected chi connectivity index (χ3v) is 28.4. The summed E-state index contributed by atoms with van der Waals surface area (Å²) in [4.78, 5) is 0. The Morgan fingerprint density at radius 3 is 1.14 bits per heavy atom. The van der Waals surface area contributed by atoms with Gasteiger partial charge in [-0.1, -0.05) is 0 Å². The van der Waals surface area contributed by atoms with Gasteiger partial charge in [0.1, 0.15) is 0 Å². The van der Waals surface area contributed by atoms with E-state index in [0.29, 0.717) is 0 Å². The maximum absolute atomic E-state index is 12.8. The molecular formula is C6H7F9O9S3Ti. The minimum atomic E-state index is -11.2. The Bertz CT molecular complexity index is 949. The van der Waals surface area contributed by atoms with Gasteiger partial charge in [-0.25, -0.2) is 0 Å². The summed E-state index contributed by atoms with van der Waals surface area (Å²) in [6.07, 6.45) is -2.59. The summed E-state index contributed by atoms with van der Waals surface area (Å²) >= 11 is -11.2. The zero-order valence-corrected chi connectivity index (χ0v) is 16.9. The average molecular weight is 538 g/mol. The first-order valence-electron chi connectivity index (χ1n) is 5.89. The molecule has 0 unspecified atom stereocenters. The Morgan fingerprint density at radius 2 is 0.964 bits per heavy atom. The van der Waals surface area contributed by atoms with Gasteiger partial charge in [0.25, 0.3) is 0 Å². The van der Waals surface area contributed by atoms with E-state index in [1.807, 2.05) is 0 Å². The van der Waals surface area contributed by atoms with Crippen LogP contribution in [0.5, 0.6) is 0 Å². The number of hydrogen-bond acceptors (Lipinski definition) is 9. The van der Waals surface area contributed by atoms with Gasteiger partial charge in [-0.15, -0.1) is 0 Å². The molecule has 0 spiro atoms. The van der Waals surface area contributed by atoms with Gasteiger partial charge in [-0.3, -0.25) is 0 Å². The van der Waals surface area contributed by atoms with Gasteiger partial charge in [0, 0.05) is 0 Å². The van der Waals surface area contributed by atoms with Crippen LogP contribution in [0.1, 0.15) is 13.8 Å². The van der Waals surface area contributed by atoms with Crippen LogP contribution in [0.3, 0.4) is 0 Å². The molecule has 170 valence electrons. The molecule has 0 amide bonds. The van der Waals surface area contributed by atoms with E-state index < -0.39 is 61.0 Å². The second-order valence-corrected chi connectivity index (χ2v) is 25.0. The molecule has 0 aromatic heterocycles. The fraction of sp³-hybridized carbons (Fsp3) is 1.00. The molecule has 0 aliphatic carbocycles. The molecule has 0 aromatic rings. The minimum absolute atomic E-state index is 0.238. The van der Waals surface area contributed by atoms with Crippen molar-refractivity contribution in [3.05, 3.63) is 0 Å². The molecule has 0 aliphatic rings. The van der Waals surface area contributed by atoms with Crippen molar-refractivity contribution in [2.24, 2.45) is 0 Å². The van der Waals surface area contributed by atoms with Crippen molar-refractivity contribution in [3.63, 3.8) is 0 Å². The molecule has 9 nitrogen and oxygen atoms in total. The second kappa shape index (κ2) is 6.84. The van der Waals surface area contributed by atoms with Gasteiger partial charge in [0.05, 0.1) is 0 Å².